The standard InChI is InChI=1S/C118H80B3N3O3/c1-118(2,3)89-71-101-109-102(72-89)124(115-93(83-47-27-11-28-48-83)53-32-54-94(115)84-49-29-12-30-50-84)104-74-108-113-117(111(104)120(109)95-63-57-88(79-41-21-8-22-42-79)70-100(95)123(101)114-91(81-43-23-9-24-44-81)51-31-52-92(114)82-45-25-10-26-46-82)127-106-66-60-87(78-39-19-7-20-40-78)69-98(106)121(113)112-107(125-108)73-103-110-116(112)126-105-65-59-86(77-37-17-6-18-38-77)68-97(105)119(110)96-67-85(76-35-15-5-16-36-76)58-64-99(96)122(103)90-61-55-80(56-62-90)75-33-13-4-14-34-75/h4-74H,1-3H3. The van der Waals surface area contributed by atoms with Gasteiger partial charge < -0.3 is 28.9 Å². The summed E-state index contributed by atoms with van der Waals surface area (Å²) in [5, 5.41) is 0. The summed E-state index contributed by atoms with van der Waals surface area (Å²) in [7, 11) is 0. The lowest BCUT2D eigenvalue weighted by Gasteiger charge is -2.48. The van der Waals surface area contributed by atoms with Gasteiger partial charge in [-0.2, -0.15) is 0 Å². The largest absolute Gasteiger partial charge is 0.459 e. The number of rotatable bonds is 12. The number of hydrogen-bond donors (Lipinski definition) is 0. The Hall–Kier alpha value is -15.8. The van der Waals surface area contributed by atoms with Crippen molar-refractivity contribution in [1.29, 1.82) is 0 Å². The van der Waals surface area contributed by atoms with Crippen molar-refractivity contribution in [3.8, 4) is 135 Å². The number of benzene rings is 19. The molecule has 0 saturated heterocycles. The van der Waals surface area contributed by atoms with E-state index in [1.807, 2.05) is 0 Å². The van der Waals surface area contributed by atoms with E-state index in [0.29, 0.717) is 11.5 Å². The Labute approximate surface area is 741 Å². The highest BCUT2D eigenvalue weighted by Crippen LogP contribution is 2.57. The molecular formula is C118H80B3N3O3. The van der Waals surface area contributed by atoms with E-state index in [1.165, 1.54) is 11.0 Å². The molecule has 0 aromatic heterocycles. The highest BCUT2D eigenvalue weighted by atomic mass is 16.5. The van der Waals surface area contributed by atoms with Crippen LogP contribution in [0.2, 0.25) is 0 Å². The summed E-state index contributed by atoms with van der Waals surface area (Å²) in [6.45, 7) is 5.75. The van der Waals surface area contributed by atoms with Crippen molar-refractivity contribution in [2.45, 2.75) is 26.2 Å². The summed E-state index contributed by atoms with van der Waals surface area (Å²) in [6.07, 6.45) is 0. The predicted molar refractivity (Wildman–Crippen MR) is 532 cm³/mol. The number of anilines is 9. The maximum Gasteiger partial charge on any atom is 0.265 e. The van der Waals surface area contributed by atoms with Crippen LogP contribution in [0, 0.1) is 0 Å². The minimum atomic E-state index is -0.548. The summed E-state index contributed by atoms with van der Waals surface area (Å²) in [5.74, 6) is 4.45. The SMILES string of the molecule is CC(C)(C)c1cc2c3c(c1)N(c1c(-c4ccccc4)cccc1-c1ccccc1)c1cc4c5c(c1B3c1ccc(-c3ccccc3)cc1N2c1c(-c2ccccc2)cccc1-c1ccccc1)Oc1ccc(-c2ccccc2)cc1B5c1c(cc2c3c1Oc1ccc(-c5ccccc5)cc1B3c1cc(-c3ccccc3)ccc1N2c1ccc(-c2ccccc2)cc1)O4. The third kappa shape index (κ3) is 12.0. The van der Waals surface area contributed by atoms with Crippen molar-refractivity contribution in [1.82, 2.24) is 0 Å². The zero-order valence-electron chi connectivity index (χ0n) is 70.3. The second kappa shape index (κ2) is 29.4. The molecule has 6 aliphatic heterocycles. The van der Waals surface area contributed by atoms with Crippen LogP contribution in [-0.4, -0.2) is 20.1 Å². The molecular weight excluding hydrogens is 1540 g/mol. The van der Waals surface area contributed by atoms with Crippen LogP contribution in [0.25, 0.3) is 100 Å². The lowest BCUT2D eigenvalue weighted by Crippen LogP contribution is -2.66. The van der Waals surface area contributed by atoms with Crippen molar-refractivity contribution in [2.75, 3.05) is 14.7 Å². The highest BCUT2D eigenvalue weighted by molar-refractivity contribution is 7.05. The zero-order valence-corrected chi connectivity index (χ0v) is 70.3. The van der Waals surface area contributed by atoms with Crippen molar-refractivity contribution >= 4 is 120 Å². The van der Waals surface area contributed by atoms with Crippen LogP contribution in [0.15, 0.2) is 431 Å². The first-order chi connectivity index (χ1) is 62.7. The fourth-order valence-electron chi connectivity index (χ4n) is 21.1. The minimum absolute atomic E-state index is 0.331. The van der Waals surface area contributed by atoms with Crippen LogP contribution in [0.4, 0.5) is 51.2 Å². The van der Waals surface area contributed by atoms with Crippen molar-refractivity contribution in [3.05, 3.63) is 436 Å². The van der Waals surface area contributed by atoms with E-state index in [1.54, 1.807) is 0 Å². The molecule has 0 unspecified atom stereocenters. The van der Waals surface area contributed by atoms with Crippen LogP contribution in [0.5, 0.6) is 34.5 Å². The Morgan fingerprint density at radius 2 is 0.512 bits per heavy atom. The Morgan fingerprint density at radius 3 is 0.929 bits per heavy atom. The van der Waals surface area contributed by atoms with Gasteiger partial charge in [-0.1, -0.05) is 391 Å². The maximum atomic E-state index is 8.39. The lowest BCUT2D eigenvalue weighted by atomic mass is 9.29. The molecule has 6 aliphatic rings. The van der Waals surface area contributed by atoms with Gasteiger partial charge in [0.05, 0.1) is 11.4 Å². The third-order valence-corrected chi connectivity index (χ3v) is 27.0. The molecule has 25 rings (SSSR count). The number of hydrogen-bond acceptors (Lipinski definition) is 6. The fourth-order valence-corrected chi connectivity index (χ4v) is 21.1. The Bertz CT molecular complexity index is 7520. The highest BCUT2D eigenvalue weighted by Gasteiger charge is 2.55. The van der Waals surface area contributed by atoms with Gasteiger partial charge in [0.25, 0.3) is 20.1 Å². The van der Waals surface area contributed by atoms with Crippen molar-refractivity contribution < 1.29 is 14.2 Å². The quantitative estimate of drug-likeness (QED) is 0.114. The monoisotopic (exact) mass is 1620 g/mol. The second-order valence-electron chi connectivity index (χ2n) is 35.2. The molecule has 127 heavy (non-hydrogen) atoms. The number of fused-ring (bicyclic) bond motifs is 14. The molecule has 0 spiro atoms. The number of ether oxygens (including phenoxy) is 3. The van der Waals surface area contributed by atoms with Gasteiger partial charge in [-0.15, -0.1) is 0 Å². The normalized spacial score (nSPS) is 13.1. The lowest BCUT2D eigenvalue weighted by molar-refractivity contribution is 0.458. The zero-order chi connectivity index (χ0) is 84.1. The topological polar surface area (TPSA) is 37.4 Å². The summed E-state index contributed by atoms with van der Waals surface area (Å²) < 4.78 is 24.9. The molecule has 0 saturated carbocycles. The maximum absolute atomic E-state index is 8.39. The van der Waals surface area contributed by atoms with E-state index in [4.69, 9.17) is 14.2 Å². The van der Waals surface area contributed by atoms with Gasteiger partial charge in [0, 0.05) is 85.1 Å². The molecule has 0 fully saturated rings. The molecule has 6 heterocycles. The van der Waals surface area contributed by atoms with Crippen molar-refractivity contribution in [3.63, 3.8) is 0 Å². The summed E-state index contributed by atoms with van der Waals surface area (Å²) in [5.41, 5.74) is 39.5. The molecule has 0 N–H and O–H groups in total. The van der Waals surface area contributed by atoms with Gasteiger partial charge in [-0.3, -0.25) is 0 Å². The second-order valence-corrected chi connectivity index (χ2v) is 35.2. The smallest absolute Gasteiger partial charge is 0.265 e. The third-order valence-electron chi connectivity index (χ3n) is 27.0. The van der Waals surface area contributed by atoms with Crippen LogP contribution in [0.1, 0.15) is 26.3 Å². The summed E-state index contributed by atoms with van der Waals surface area (Å²) >= 11 is 0. The van der Waals surface area contributed by atoms with E-state index in [9.17, 15) is 0 Å². The van der Waals surface area contributed by atoms with Gasteiger partial charge in [0.1, 0.15) is 34.5 Å². The van der Waals surface area contributed by atoms with E-state index in [0.717, 1.165) is 218 Å². The van der Waals surface area contributed by atoms with Crippen molar-refractivity contribution in [2.24, 2.45) is 0 Å². The predicted octanol–water partition coefficient (Wildman–Crippen LogP) is 25.2. The molecule has 9 heteroatoms. The van der Waals surface area contributed by atoms with E-state index in [2.05, 4.69) is 466 Å². The van der Waals surface area contributed by atoms with Crippen LogP contribution < -0.4 is 78.1 Å². The molecule has 594 valence electrons. The molecule has 0 amide bonds. The first-order valence-corrected chi connectivity index (χ1v) is 44.1. The molecule has 0 radical (unpaired) electrons. The Morgan fingerprint density at radius 1 is 0.197 bits per heavy atom. The molecule has 19 aromatic carbocycles. The summed E-state index contributed by atoms with van der Waals surface area (Å²) in [6, 6.07) is 159. The van der Waals surface area contributed by atoms with Crippen LogP contribution in [0.3, 0.4) is 0 Å². The molecule has 0 aliphatic carbocycles. The number of para-hydroxylation sites is 2. The summed E-state index contributed by atoms with van der Waals surface area (Å²) in [4.78, 5) is 7.79. The molecule has 6 nitrogen and oxygen atoms in total. The van der Waals surface area contributed by atoms with Gasteiger partial charge in [-0.25, -0.2) is 0 Å². The minimum Gasteiger partial charge on any atom is -0.459 e. The fraction of sp³-hybridized carbons (Fsp3) is 0.0339. The van der Waals surface area contributed by atoms with E-state index >= 15 is 0 Å². The van der Waals surface area contributed by atoms with Crippen LogP contribution in [-0.2, 0) is 5.41 Å². The molecule has 0 atom stereocenters. The molecule has 19 aromatic rings. The van der Waals surface area contributed by atoms with Gasteiger partial charge in [-0.05, 0) is 176 Å². The average Bonchev–Trinajstić information content (AvgIpc) is 0.672. The Balaban J connectivity index is 0.824. The van der Waals surface area contributed by atoms with Gasteiger partial charge in [0.2, 0.25) is 0 Å². The Kier molecular flexibility index (Phi) is 17.1. The first-order valence-electron chi connectivity index (χ1n) is 44.1. The van der Waals surface area contributed by atoms with Gasteiger partial charge >= 0.3 is 0 Å². The van der Waals surface area contributed by atoms with E-state index < -0.39 is 18.8 Å². The molecule has 0 bridgehead atoms. The first kappa shape index (κ1) is 73.9. The van der Waals surface area contributed by atoms with Gasteiger partial charge in [0.15, 0.2) is 0 Å². The van der Waals surface area contributed by atoms with E-state index in [-0.39, 0.29) is 6.71 Å². The number of nitrogens with zero attached hydrogens (tertiary/aromatic N) is 3. The average molecular weight is 1620 g/mol. The van der Waals surface area contributed by atoms with Crippen LogP contribution >= 0.6 is 0 Å².